The number of nitro benzene ring substituents is 1. The van der Waals surface area contributed by atoms with Gasteiger partial charge in [-0.15, -0.1) is 10.2 Å². The van der Waals surface area contributed by atoms with Crippen molar-refractivity contribution >= 4 is 58.2 Å². The zero-order valence-corrected chi connectivity index (χ0v) is 22.0. The van der Waals surface area contributed by atoms with E-state index in [9.17, 15) is 19.7 Å². The average Bonchev–Trinajstić information content (AvgIpc) is 3.25. The fourth-order valence-corrected chi connectivity index (χ4v) is 4.43. The molecule has 2 N–H and O–H groups in total. The normalized spacial score (nSPS) is 11.8. The second-order valence-corrected chi connectivity index (χ2v) is 9.81. The molecule has 0 saturated heterocycles. The predicted molar refractivity (Wildman–Crippen MR) is 140 cm³/mol. The number of aromatic nitrogens is 3. The van der Waals surface area contributed by atoms with E-state index in [1.54, 1.807) is 12.1 Å². The maximum absolute atomic E-state index is 12.9. The number of carbonyl (C=O) groups excluding carboxylic acids is 2. The van der Waals surface area contributed by atoms with Gasteiger partial charge in [-0.1, -0.05) is 48.8 Å². The first-order valence-corrected chi connectivity index (χ1v) is 12.7. The molecule has 2 aromatic carbocycles. The average molecular weight is 551 g/mol. The van der Waals surface area contributed by atoms with Crippen LogP contribution in [0.25, 0.3) is 0 Å². The number of hydrogen-bond acceptors (Lipinski definition) is 7. The highest BCUT2D eigenvalue weighted by atomic mass is 35.5. The van der Waals surface area contributed by atoms with Crippen molar-refractivity contribution in [2.24, 2.45) is 5.92 Å². The van der Waals surface area contributed by atoms with Crippen molar-refractivity contribution in [2.75, 3.05) is 11.1 Å². The third-order valence-corrected chi connectivity index (χ3v) is 6.87. The molecule has 13 heteroatoms. The molecule has 0 aliphatic heterocycles. The van der Waals surface area contributed by atoms with E-state index in [1.807, 2.05) is 25.3 Å². The molecule has 2 amide bonds. The number of nitrogens with zero attached hydrogens (tertiary/aromatic N) is 4. The summed E-state index contributed by atoms with van der Waals surface area (Å²) in [6, 6.07) is 9.80. The monoisotopic (exact) mass is 550 g/mol. The minimum atomic E-state index is -0.506. The molecule has 0 fully saturated rings. The number of amides is 2. The second-order valence-electron chi connectivity index (χ2n) is 8.05. The van der Waals surface area contributed by atoms with Crippen LogP contribution >= 0.6 is 35.0 Å². The van der Waals surface area contributed by atoms with E-state index in [0.717, 1.165) is 0 Å². The van der Waals surface area contributed by atoms with Gasteiger partial charge in [0.1, 0.15) is 0 Å². The van der Waals surface area contributed by atoms with Crippen molar-refractivity contribution in [2.45, 2.75) is 38.5 Å². The standard InChI is InChI=1S/C23H24Cl2N6O4S/c1-4-30-21(20(13(2)3)27-22(33)14-5-10-17(24)18(25)11-14)28-29-23(30)36-12-19(32)26-15-6-8-16(9-7-15)31(34)35/h5-11,13,20H,4,12H2,1-3H3,(H,26,32)(H,27,33)/t20-/m0/s1. The third-order valence-electron chi connectivity index (χ3n) is 5.17. The Hall–Kier alpha value is -3.15. The molecule has 10 nitrogen and oxygen atoms in total. The van der Waals surface area contributed by atoms with Crippen molar-refractivity contribution in [3.63, 3.8) is 0 Å². The van der Waals surface area contributed by atoms with Gasteiger partial charge >= 0.3 is 0 Å². The van der Waals surface area contributed by atoms with Crippen LogP contribution in [0.5, 0.6) is 0 Å². The first kappa shape index (κ1) is 27.4. The number of hydrogen-bond donors (Lipinski definition) is 2. The van der Waals surface area contributed by atoms with E-state index in [2.05, 4.69) is 20.8 Å². The summed E-state index contributed by atoms with van der Waals surface area (Å²) in [5, 5.41) is 26.2. The number of nitro groups is 1. The molecule has 0 radical (unpaired) electrons. The van der Waals surface area contributed by atoms with Crippen LogP contribution in [0.4, 0.5) is 11.4 Å². The topological polar surface area (TPSA) is 132 Å². The van der Waals surface area contributed by atoms with Gasteiger partial charge in [-0.2, -0.15) is 0 Å². The van der Waals surface area contributed by atoms with Crippen LogP contribution in [0.15, 0.2) is 47.6 Å². The molecule has 0 aliphatic rings. The predicted octanol–water partition coefficient (Wildman–Crippen LogP) is 5.37. The second kappa shape index (κ2) is 12.2. The summed E-state index contributed by atoms with van der Waals surface area (Å²) in [5.74, 6) is -0.00503. The van der Waals surface area contributed by atoms with Crippen LogP contribution in [-0.4, -0.2) is 37.3 Å². The van der Waals surface area contributed by atoms with Crippen molar-refractivity contribution in [1.82, 2.24) is 20.1 Å². The van der Waals surface area contributed by atoms with Crippen LogP contribution in [-0.2, 0) is 11.3 Å². The lowest BCUT2D eigenvalue weighted by Gasteiger charge is -2.22. The highest BCUT2D eigenvalue weighted by Gasteiger charge is 2.26. The molecule has 1 atom stereocenters. The Bertz CT molecular complexity index is 1270. The summed E-state index contributed by atoms with van der Waals surface area (Å²) >= 11 is 13.2. The van der Waals surface area contributed by atoms with Gasteiger partial charge in [0.15, 0.2) is 11.0 Å². The van der Waals surface area contributed by atoms with Crippen molar-refractivity contribution in [3.05, 3.63) is 74.0 Å². The number of thioether (sulfide) groups is 1. The summed E-state index contributed by atoms with van der Waals surface area (Å²) in [6.45, 7) is 6.37. The zero-order valence-electron chi connectivity index (χ0n) is 19.7. The first-order chi connectivity index (χ1) is 17.1. The lowest BCUT2D eigenvalue weighted by Crippen LogP contribution is -2.33. The Morgan fingerprint density at radius 3 is 2.39 bits per heavy atom. The quantitative estimate of drug-likeness (QED) is 0.197. The van der Waals surface area contributed by atoms with Crippen LogP contribution < -0.4 is 10.6 Å². The van der Waals surface area contributed by atoms with E-state index in [-0.39, 0.29) is 34.2 Å². The molecule has 1 aromatic heterocycles. The molecule has 0 saturated carbocycles. The molecule has 36 heavy (non-hydrogen) atoms. The van der Waals surface area contributed by atoms with E-state index in [0.29, 0.717) is 33.8 Å². The molecular weight excluding hydrogens is 527 g/mol. The molecule has 190 valence electrons. The Morgan fingerprint density at radius 1 is 1.11 bits per heavy atom. The number of anilines is 1. The number of halogens is 2. The Balaban J connectivity index is 1.69. The maximum atomic E-state index is 12.9. The summed E-state index contributed by atoms with van der Waals surface area (Å²) in [6.07, 6.45) is 0. The molecule has 0 spiro atoms. The van der Waals surface area contributed by atoms with Crippen LogP contribution in [0.3, 0.4) is 0 Å². The molecule has 0 aliphatic carbocycles. The summed E-state index contributed by atoms with van der Waals surface area (Å²) < 4.78 is 1.85. The Kier molecular flexibility index (Phi) is 9.30. The van der Waals surface area contributed by atoms with Crippen molar-refractivity contribution < 1.29 is 14.5 Å². The van der Waals surface area contributed by atoms with Crippen LogP contribution in [0, 0.1) is 16.0 Å². The fraction of sp³-hybridized carbons (Fsp3) is 0.304. The Labute approximate surface area is 221 Å². The number of rotatable bonds is 10. The van der Waals surface area contributed by atoms with E-state index >= 15 is 0 Å². The minimum Gasteiger partial charge on any atom is -0.342 e. The van der Waals surface area contributed by atoms with Gasteiger partial charge in [-0.3, -0.25) is 19.7 Å². The van der Waals surface area contributed by atoms with Gasteiger partial charge in [0, 0.05) is 29.9 Å². The van der Waals surface area contributed by atoms with Gasteiger partial charge < -0.3 is 15.2 Å². The Morgan fingerprint density at radius 2 is 1.81 bits per heavy atom. The van der Waals surface area contributed by atoms with Crippen LogP contribution in [0.2, 0.25) is 10.0 Å². The largest absolute Gasteiger partial charge is 0.342 e. The lowest BCUT2D eigenvalue weighted by molar-refractivity contribution is -0.384. The molecule has 1 heterocycles. The van der Waals surface area contributed by atoms with E-state index in [1.165, 1.54) is 42.1 Å². The van der Waals surface area contributed by atoms with Gasteiger partial charge in [0.05, 0.1) is 26.8 Å². The van der Waals surface area contributed by atoms with Gasteiger partial charge in [0.2, 0.25) is 5.91 Å². The minimum absolute atomic E-state index is 0.00509. The van der Waals surface area contributed by atoms with Gasteiger partial charge in [-0.25, -0.2) is 0 Å². The lowest BCUT2D eigenvalue weighted by atomic mass is 10.0. The molecule has 0 bridgehead atoms. The zero-order chi connectivity index (χ0) is 26.4. The first-order valence-electron chi connectivity index (χ1n) is 11.0. The number of benzene rings is 2. The van der Waals surface area contributed by atoms with Gasteiger partial charge in [-0.05, 0) is 43.2 Å². The molecule has 3 aromatic rings. The number of nitrogens with one attached hydrogen (secondary N) is 2. The maximum Gasteiger partial charge on any atom is 0.269 e. The van der Waals surface area contributed by atoms with Crippen molar-refractivity contribution in [3.8, 4) is 0 Å². The highest BCUT2D eigenvalue weighted by molar-refractivity contribution is 7.99. The van der Waals surface area contributed by atoms with E-state index in [4.69, 9.17) is 23.2 Å². The fourth-order valence-electron chi connectivity index (χ4n) is 3.32. The third kappa shape index (κ3) is 6.74. The summed E-state index contributed by atoms with van der Waals surface area (Å²) in [5.41, 5.74) is 0.765. The summed E-state index contributed by atoms with van der Waals surface area (Å²) in [7, 11) is 0. The summed E-state index contributed by atoms with van der Waals surface area (Å²) in [4.78, 5) is 35.6. The van der Waals surface area contributed by atoms with Crippen molar-refractivity contribution in [1.29, 1.82) is 0 Å². The molecule has 3 rings (SSSR count). The van der Waals surface area contributed by atoms with Crippen LogP contribution in [0.1, 0.15) is 43.0 Å². The van der Waals surface area contributed by atoms with Gasteiger partial charge in [0.25, 0.3) is 11.6 Å². The smallest absolute Gasteiger partial charge is 0.269 e. The SMILES string of the molecule is CCn1c(SCC(=O)Nc2ccc([N+](=O)[O-])cc2)nnc1[C@@H](NC(=O)c1ccc(Cl)c(Cl)c1)C(C)C. The number of non-ortho nitro benzene ring substituents is 1. The van der Waals surface area contributed by atoms with E-state index < -0.39 is 11.0 Å². The molecule has 0 unspecified atom stereocenters. The highest BCUT2D eigenvalue weighted by Crippen LogP contribution is 2.27. The molecular formula is C23H24Cl2N6O4S. The number of carbonyl (C=O) groups is 2.